The first-order chi connectivity index (χ1) is 12.5. The first-order valence-electron chi connectivity index (χ1n) is 7.27. The molecule has 142 valence electrons. The van der Waals surface area contributed by atoms with Gasteiger partial charge in [0, 0.05) is 31.1 Å². The van der Waals surface area contributed by atoms with Crippen LogP contribution in [0, 0.1) is 0 Å². The van der Waals surface area contributed by atoms with Gasteiger partial charge in [0.1, 0.15) is 5.82 Å². The molecular formula is C14H9F5N6O2. The Morgan fingerprint density at radius 3 is 2.56 bits per heavy atom. The van der Waals surface area contributed by atoms with Crippen molar-refractivity contribution in [1.29, 1.82) is 0 Å². The Labute approximate surface area is 146 Å². The van der Waals surface area contributed by atoms with Crippen molar-refractivity contribution in [2.45, 2.75) is 12.5 Å². The maximum Gasteiger partial charge on any atom is 0.587 e. The largest absolute Gasteiger partial charge is 0.587 e. The molecule has 13 heteroatoms. The van der Waals surface area contributed by atoms with Crippen molar-refractivity contribution in [2.24, 2.45) is 7.05 Å². The summed E-state index contributed by atoms with van der Waals surface area (Å²) in [5.41, 5.74) is 3.79. The van der Waals surface area contributed by atoms with Crippen molar-refractivity contribution in [3.05, 3.63) is 30.2 Å². The number of aromatic nitrogens is 5. The summed E-state index contributed by atoms with van der Waals surface area (Å²) >= 11 is 0. The predicted octanol–water partition coefficient (Wildman–Crippen LogP) is 2.59. The highest BCUT2D eigenvalue weighted by Crippen LogP contribution is 2.45. The average molecular weight is 388 g/mol. The molecule has 2 N–H and O–H groups in total. The van der Waals surface area contributed by atoms with Gasteiger partial charge in [0.05, 0.1) is 5.56 Å². The lowest BCUT2D eigenvalue weighted by Crippen LogP contribution is -2.26. The van der Waals surface area contributed by atoms with E-state index in [2.05, 4.69) is 24.7 Å². The van der Waals surface area contributed by atoms with Gasteiger partial charge in [0.2, 0.25) is 0 Å². The summed E-state index contributed by atoms with van der Waals surface area (Å²) < 4.78 is 77.3. The fraction of sp³-hybridized carbons (Fsp3) is 0.214. The van der Waals surface area contributed by atoms with Gasteiger partial charge in [-0.05, 0) is 6.07 Å². The minimum absolute atomic E-state index is 0.0481. The lowest BCUT2D eigenvalue weighted by molar-refractivity contribution is -0.287. The van der Waals surface area contributed by atoms with Crippen LogP contribution in [-0.4, -0.2) is 30.8 Å². The van der Waals surface area contributed by atoms with E-state index in [1.807, 2.05) is 0 Å². The number of aryl methyl sites for hydroxylation is 1. The first-order valence-corrected chi connectivity index (χ1v) is 7.27. The molecule has 4 rings (SSSR count). The van der Waals surface area contributed by atoms with Crippen LogP contribution in [-0.2, 0) is 13.2 Å². The zero-order chi connectivity index (χ0) is 19.6. The fourth-order valence-corrected chi connectivity index (χ4v) is 2.58. The van der Waals surface area contributed by atoms with Crippen LogP contribution in [0.3, 0.4) is 0 Å². The number of ether oxygens (including phenoxy) is 2. The van der Waals surface area contributed by atoms with E-state index in [1.165, 1.54) is 16.9 Å². The van der Waals surface area contributed by atoms with E-state index in [0.29, 0.717) is 0 Å². The second-order valence-electron chi connectivity index (χ2n) is 5.56. The number of nitrogens with two attached hydrogens (primary N) is 1. The van der Waals surface area contributed by atoms with Gasteiger partial charge in [-0.2, -0.15) is 28.1 Å². The van der Waals surface area contributed by atoms with Crippen molar-refractivity contribution in [1.82, 2.24) is 24.5 Å². The summed E-state index contributed by atoms with van der Waals surface area (Å²) in [6.07, 6.45) is -6.42. The van der Waals surface area contributed by atoms with Crippen LogP contribution in [0.2, 0.25) is 0 Å². The number of fused-ring (bicyclic) bond motifs is 1. The minimum Gasteiger partial charge on any atom is -0.393 e. The van der Waals surface area contributed by atoms with Crippen molar-refractivity contribution in [3.63, 3.8) is 0 Å². The highest BCUT2D eigenvalue weighted by molar-refractivity contribution is 5.79. The summed E-state index contributed by atoms with van der Waals surface area (Å²) in [4.78, 5) is 3.57. The van der Waals surface area contributed by atoms with Crippen LogP contribution >= 0.6 is 0 Å². The molecule has 0 amide bonds. The Kier molecular flexibility index (Phi) is 3.35. The number of nitrogen functional groups attached to an aromatic ring is 1. The fourth-order valence-electron chi connectivity index (χ4n) is 2.58. The minimum atomic E-state index is -4.87. The normalized spacial score (nSPS) is 15.3. The summed E-state index contributed by atoms with van der Waals surface area (Å²) in [5.74, 6) is -1.41. The highest BCUT2D eigenvalue weighted by Gasteiger charge is 2.45. The number of nitrogens with zero attached hydrogens (tertiary/aromatic N) is 5. The molecule has 1 aliphatic heterocycles. The van der Waals surface area contributed by atoms with Crippen LogP contribution < -0.4 is 15.2 Å². The van der Waals surface area contributed by atoms with Gasteiger partial charge < -0.3 is 15.2 Å². The molecule has 0 spiro atoms. The molecule has 3 aromatic rings. The molecule has 0 radical (unpaired) electrons. The van der Waals surface area contributed by atoms with Crippen LogP contribution in [0.5, 0.6) is 11.6 Å². The summed E-state index contributed by atoms with van der Waals surface area (Å²) in [6, 6.07) is 2.33. The van der Waals surface area contributed by atoms with Gasteiger partial charge in [-0.3, -0.25) is 4.68 Å². The maximum absolute atomic E-state index is 13.5. The van der Waals surface area contributed by atoms with Crippen molar-refractivity contribution < 1.29 is 31.4 Å². The molecule has 0 bridgehead atoms. The quantitative estimate of drug-likeness (QED) is 0.679. The van der Waals surface area contributed by atoms with Crippen LogP contribution in [0.15, 0.2) is 24.5 Å². The number of halogens is 5. The lowest BCUT2D eigenvalue weighted by Gasteiger charge is -2.07. The Morgan fingerprint density at radius 2 is 1.93 bits per heavy atom. The molecule has 4 heterocycles. The SMILES string of the molecule is Cn1ccc(-n2nc(C(F)(F)F)c(-c3cnc4c(c3)OC(F)(F)O4)c2N)n1. The van der Waals surface area contributed by atoms with Gasteiger partial charge in [-0.1, -0.05) is 0 Å². The maximum atomic E-state index is 13.5. The number of pyridine rings is 1. The first kappa shape index (κ1) is 17.1. The van der Waals surface area contributed by atoms with Crippen LogP contribution in [0.4, 0.5) is 27.8 Å². The smallest absolute Gasteiger partial charge is 0.393 e. The van der Waals surface area contributed by atoms with E-state index >= 15 is 0 Å². The van der Waals surface area contributed by atoms with E-state index < -0.39 is 41.2 Å². The standard InChI is InChI=1S/C14H9F5N6O2/c1-24-3-2-8(22-24)25-11(20)9(10(23-25)13(15,16)17)6-4-7-12(21-5-6)27-14(18,19)26-7/h2-5H,20H2,1H3. The molecule has 0 saturated carbocycles. The van der Waals surface area contributed by atoms with Gasteiger partial charge in [-0.25, -0.2) is 4.98 Å². The molecule has 3 aromatic heterocycles. The summed E-state index contributed by atoms with van der Waals surface area (Å²) in [7, 11) is 1.57. The summed E-state index contributed by atoms with van der Waals surface area (Å²) in [5, 5.41) is 7.47. The van der Waals surface area contributed by atoms with E-state index in [0.717, 1.165) is 16.9 Å². The number of anilines is 1. The summed E-state index contributed by atoms with van der Waals surface area (Å²) in [6.45, 7) is 0. The third-order valence-electron chi connectivity index (χ3n) is 3.66. The Morgan fingerprint density at radius 1 is 1.19 bits per heavy atom. The molecule has 0 fully saturated rings. The number of hydrogen-bond acceptors (Lipinski definition) is 6. The average Bonchev–Trinajstić information content (AvgIpc) is 3.19. The molecule has 0 aliphatic carbocycles. The van der Waals surface area contributed by atoms with Gasteiger partial charge in [-0.15, -0.1) is 8.78 Å². The van der Waals surface area contributed by atoms with E-state index in [9.17, 15) is 22.0 Å². The molecule has 27 heavy (non-hydrogen) atoms. The molecule has 0 atom stereocenters. The molecule has 0 saturated heterocycles. The highest BCUT2D eigenvalue weighted by atomic mass is 19.4. The topological polar surface area (TPSA) is 93.0 Å². The zero-order valence-electron chi connectivity index (χ0n) is 13.3. The van der Waals surface area contributed by atoms with Crippen molar-refractivity contribution >= 4 is 5.82 Å². The number of alkyl halides is 5. The Hall–Kier alpha value is -3.38. The molecular weight excluding hydrogens is 379 g/mol. The van der Waals surface area contributed by atoms with Gasteiger partial charge in [0.25, 0.3) is 5.88 Å². The molecule has 1 aliphatic rings. The molecule has 0 aromatic carbocycles. The molecule has 0 unspecified atom stereocenters. The van der Waals surface area contributed by atoms with Gasteiger partial charge >= 0.3 is 12.5 Å². The monoisotopic (exact) mass is 388 g/mol. The van der Waals surface area contributed by atoms with Gasteiger partial charge in [0.15, 0.2) is 17.3 Å². The number of hydrogen-bond donors (Lipinski definition) is 1. The number of rotatable bonds is 2. The van der Waals surface area contributed by atoms with Crippen LogP contribution in [0.25, 0.3) is 16.9 Å². The third-order valence-corrected chi connectivity index (χ3v) is 3.66. The van der Waals surface area contributed by atoms with Crippen LogP contribution in [0.1, 0.15) is 5.69 Å². The van der Waals surface area contributed by atoms with E-state index in [1.54, 1.807) is 7.05 Å². The Balaban J connectivity index is 1.89. The van der Waals surface area contributed by atoms with Crippen molar-refractivity contribution in [3.8, 4) is 28.6 Å². The second-order valence-corrected chi connectivity index (χ2v) is 5.56. The zero-order valence-corrected chi connectivity index (χ0v) is 13.3. The van der Waals surface area contributed by atoms with E-state index in [-0.39, 0.29) is 11.4 Å². The predicted molar refractivity (Wildman–Crippen MR) is 79.2 cm³/mol. The third kappa shape index (κ3) is 2.80. The Bertz CT molecular complexity index is 1040. The lowest BCUT2D eigenvalue weighted by atomic mass is 10.1. The molecule has 8 nitrogen and oxygen atoms in total. The van der Waals surface area contributed by atoms with E-state index in [4.69, 9.17) is 5.73 Å². The second kappa shape index (κ2) is 5.31. The van der Waals surface area contributed by atoms with Crippen molar-refractivity contribution in [2.75, 3.05) is 5.73 Å².